The van der Waals surface area contributed by atoms with E-state index < -0.39 is 57.6 Å². The molecule has 0 spiro atoms. The molecule has 0 saturated heterocycles. The molecule has 1 amide bonds. The number of aliphatic hydroxyl groups excluding tert-OH is 1. The van der Waals surface area contributed by atoms with Gasteiger partial charge in [0, 0.05) is 12.8 Å². The topological polar surface area (TPSA) is 169 Å². The number of esters is 1. The number of carboxylic acid groups (broad SMARTS) is 1. The Morgan fingerprint density at radius 3 is 1.49 bits per heavy atom. The Morgan fingerprint density at radius 2 is 1.02 bits per heavy atom. The van der Waals surface area contributed by atoms with Crippen LogP contribution in [0.2, 0.25) is 0 Å². The number of phosphoric ester groups is 1. The highest BCUT2D eigenvalue weighted by Crippen LogP contribution is 2.43. The first kappa shape index (κ1) is 49.2. The number of allylic oxidation sites excluding steroid dienone is 2. The Bertz CT molecular complexity index is 932. The Balaban J connectivity index is 3.93. The quantitative estimate of drug-likeness (QED) is 0.0206. The Morgan fingerprint density at radius 1 is 0.608 bits per heavy atom. The molecule has 11 nitrogen and oxygen atoms in total. The van der Waals surface area contributed by atoms with Crippen LogP contribution in [0.25, 0.3) is 0 Å². The fourth-order valence-corrected chi connectivity index (χ4v) is 6.38. The second-order valence-corrected chi connectivity index (χ2v) is 15.3. The molecule has 0 aromatic carbocycles. The summed E-state index contributed by atoms with van der Waals surface area (Å²) < 4.78 is 26.7. The first-order valence-electron chi connectivity index (χ1n) is 20.2. The van der Waals surface area contributed by atoms with E-state index in [1.165, 1.54) is 96.3 Å². The van der Waals surface area contributed by atoms with E-state index in [0.29, 0.717) is 12.8 Å². The van der Waals surface area contributed by atoms with Gasteiger partial charge >= 0.3 is 19.8 Å². The van der Waals surface area contributed by atoms with Gasteiger partial charge in [0.1, 0.15) is 12.7 Å². The molecule has 3 atom stereocenters. The minimum absolute atomic E-state index is 0.143. The van der Waals surface area contributed by atoms with E-state index in [4.69, 9.17) is 13.8 Å². The predicted octanol–water partition coefficient (Wildman–Crippen LogP) is 9.72. The Labute approximate surface area is 309 Å². The number of amides is 1. The molecule has 4 N–H and O–H groups in total. The lowest BCUT2D eigenvalue weighted by molar-refractivity contribution is -0.147. The summed E-state index contributed by atoms with van der Waals surface area (Å²) in [5, 5.41) is 21.7. The van der Waals surface area contributed by atoms with Gasteiger partial charge in [-0.05, 0) is 38.5 Å². The maximum absolute atomic E-state index is 12.3. The van der Waals surface area contributed by atoms with Gasteiger partial charge in [0.2, 0.25) is 5.91 Å². The number of rotatable bonds is 38. The minimum Gasteiger partial charge on any atom is -0.480 e. The normalized spacial score (nSPS) is 14.0. The molecular formula is C39H74NO10P. The monoisotopic (exact) mass is 748 g/mol. The number of nitrogens with one attached hydrogen (secondary N) is 1. The highest BCUT2D eigenvalue weighted by molar-refractivity contribution is 7.47. The summed E-state index contributed by atoms with van der Waals surface area (Å²) in [6, 6.07) is -1.54. The van der Waals surface area contributed by atoms with Gasteiger partial charge in [0.25, 0.3) is 0 Å². The van der Waals surface area contributed by atoms with Crippen LogP contribution in [0.15, 0.2) is 12.2 Å². The van der Waals surface area contributed by atoms with Gasteiger partial charge in [-0.1, -0.05) is 148 Å². The van der Waals surface area contributed by atoms with Crippen LogP contribution in [0.5, 0.6) is 0 Å². The maximum atomic E-state index is 12.3. The van der Waals surface area contributed by atoms with Gasteiger partial charge in [0.15, 0.2) is 6.04 Å². The first-order valence-corrected chi connectivity index (χ1v) is 21.7. The van der Waals surface area contributed by atoms with Crippen molar-refractivity contribution in [2.75, 3.05) is 19.8 Å². The molecule has 0 aliphatic carbocycles. The van der Waals surface area contributed by atoms with Crippen molar-refractivity contribution in [3.8, 4) is 0 Å². The molecule has 300 valence electrons. The van der Waals surface area contributed by atoms with Gasteiger partial charge in [-0.3, -0.25) is 18.6 Å². The number of unbranched alkanes of at least 4 members (excludes halogenated alkanes) is 22. The lowest BCUT2D eigenvalue weighted by Gasteiger charge is -2.18. The van der Waals surface area contributed by atoms with Crippen molar-refractivity contribution in [3.63, 3.8) is 0 Å². The highest BCUT2D eigenvalue weighted by atomic mass is 31.2. The number of carboxylic acids is 1. The van der Waals surface area contributed by atoms with Crippen molar-refractivity contribution in [1.29, 1.82) is 0 Å². The molecule has 12 heteroatoms. The van der Waals surface area contributed by atoms with E-state index >= 15 is 0 Å². The minimum atomic E-state index is -4.74. The zero-order valence-corrected chi connectivity index (χ0v) is 33.1. The number of hydrogen-bond donors (Lipinski definition) is 4. The lowest BCUT2D eigenvalue weighted by Crippen LogP contribution is -2.43. The van der Waals surface area contributed by atoms with Crippen molar-refractivity contribution < 1.29 is 47.8 Å². The van der Waals surface area contributed by atoms with Crippen LogP contribution in [-0.4, -0.2) is 64.9 Å². The molecule has 0 bridgehead atoms. The Hall–Kier alpha value is -1.78. The zero-order valence-electron chi connectivity index (χ0n) is 32.2. The predicted molar refractivity (Wildman–Crippen MR) is 203 cm³/mol. The van der Waals surface area contributed by atoms with Crippen LogP contribution in [0.3, 0.4) is 0 Å². The van der Waals surface area contributed by atoms with E-state index in [1.54, 1.807) is 0 Å². The standard InChI is InChI=1S/C39H74NO10P/c1-3-5-7-9-11-13-14-15-16-17-18-19-20-21-23-24-26-28-30-37(42)40-36(39(44)45)34-50-51(46,47)49-33-35(41)32-48-38(43)31-29-27-25-22-12-10-8-6-4-2/h16-17,35-36,41H,3-15,18-34H2,1-2H3,(H,40,42)(H,44,45)(H,46,47)/b17-16-. The van der Waals surface area contributed by atoms with Crippen LogP contribution < -0.4 is 5.32 Å². The molecule has 0 aromatic rings. The average Bonchev–Trinajstić information content (AvgIpc) is 3.10. The second-order valence-electron chi connectivity index (χ2n) is 13.8. The molecule has 0 saturated carbocycles. The van der Waals surface area contributed by atoms with Crippen LogP contribution >= 0.6 is 7.82 Å². The first-order chi connectivity index (χ1) is 24.6. The van der Waals surface area contributed by atoms with Gasteiger partial charge in [0.05, 0.1) is 13.2 Å². The number of aliphatic carboxylic acids is 1. The summed E-state index contributed by atoms with van der Waals surface area (Å²) in [5.74, 6) is -2.37. The molecule has 51 heavy (non-hydrogen) atoms. The molecule has 0 radical (unpaired) electrons. The fraction of sp³-hybridized carbons (Fsp3) is 0.872. The van der Waals surface area contributed by atoms with E-state index in [0.717, 1.165) is 51.4 Å². The van der Waals surface area contributed by atoms with Crippen LogP contribution in [-0.2, 0) is 32.7 Å². The molecule has 0 aromatic heterocycles. The number of carbonyl (C=O) groups is 3. The van der Waals surface area contributed by atoms with Gasteiger partial charge in [-0.15, -0.1) is 0 Å². The number of ether oxygens (including phenoxy) is 1. The molecule has 0 fully saturated rings. The fourth-order valence-electron chi connectivity index (χ4n) is 5.60. The number of hydrogen-bond acceptors (Lipinski definition) is 8. The second kappa shape index (κ2) is 35.3. The summed E-state index contributed by atoms with van der Waals surface area (Å²) in [6.07, 6.45) is 32.5. The maximum Gasteiger partial charge on any atom is 0.472 e. The molecule has 0 heterocycles. The van der Waals surface area contributed by atoms with Crippen LogP contribution in [0, 0.1) is 0 Å². The van der Waals surface area contributed by atoms with E-state index in [2.05, 4.69) is 31.3 Å². The van der Waals surface area contributed by atoms with Crippen LogP contribution in [0.4, 0.5) is 0 Å². The number of aliphatic hydroxyl groups is 1. The molecule has 0 rings (SSSR count). The van der Waals surface area contributed by atoms with Crippen molar-refractivity contribution in [1.82, 2.24) is 5.32 Å². The Kier molecular flexibility index (Phi) is 34.0. The van der Waals surface area contributed by atoms with Crippen molar-refractivity contribution in [2.45, 2.75) is 199 Å². The highest BCUT2D eigenvalue weighted by Gasteiger charge is 2.28. The molecule has 3 unspecified atom stereocenters. The molecule has 0 aliphatic rings. The molecular weight excluding hydrogens is 673 g/mol. The van der Waals surface area contributed by atoms with Gasteiger partial charge < -0.3 is 25.2 Å². The van der Waals surface area contributed by atoms with Crippen molar-refractivity contribution >= 4 is 25.7 Å². The lowest BCUT2D eigenvalue weighted by atomic mass is 10.1. The summed E-state index contributed by atoms with van der Waals surface area (Å²) in [6.45, 7) is 2.56. The smallest absolute Gasteiger partial charge is 0.472 e. The van der Waals surface area contributed by atoms with E-state index in [9.17, 15) is 34.1 Å². The summed E-state index contributed by atoms with van der Waals surface area (Å²) in [5.41, 5.74) is 0. The summed E-state index contributed by atoms with van der Waals surface area (Å²) in [4.78, 5) is 45.7. The summed E-state index contributed by atoms with van der Waals surface area (Å²) >= 11 is 0. The van der Waals surface area contributed by atoms with Gasteiger partial charge in [-0.2, -0.15) is 0 Å². The third kappa shape index (κ3) is 35.0. The zero-order chi connectivity index (χ0) is 37.8. The van der Waals surface area contributed by atoms with Crippen molar-refractivity contribution in [3.05, 3.63) is 12.2 Å². The van der Waals surface area contributed by atoms with E-state index in [1.807, 2.05) is 0 Å². The SMILES string of the molecule is CCCCCCCCC/C=C\CCCCCCCCCC(=O)NC(COP(=O)(O)OCC(O)COC(=O)CCCCCCCCCCC)C(=O)O. The third-order valence-corrected chi connectivity index (χ3v) is 9.76. The largest absolute Gasteiger partial charge is 0.480 e. The third-order valence-electron chi connectivity index (χ3n) is 8.80. The van der Waals surface area contributed by atoms with Gasteiger partial charge in [-0.25, -0.2) is 9.36 Å². The summed E-state index contributed by atoms with van der Waals surface area (Å²) in [7, 11) is -4.74. The number of carbonyl (C=O) groups excluding carboxylic acids is 2. The number of phosphoric acid groups is 1. The van der Waals surface area contributed by atoms with Crippen LogP contribution in [0.1, 0.15) is 187 Å². The van der Waals surface area contributed by atoms with Crippen molar-refractivity contribution in [2.24, 2.45) is 0 Å². The molecule has 0 aliphatic heterocycles. The average molecular weight is 748 g/mol. The van der Waals surface area contributed by atoms with E-state index in [-0.39, 0.29) is 12.8 Å².